The van der Waals surface area contributed by atoms with Crippen molar-refractivity contribution in [1.29, 1.82) is 0 Å². The Hall–Kier alpha value is -1.09. The molecule has 0 saturated carbocycles. The third-order valence-corrected chi connectivity index (χ3v) is 3.32. The second kappa shape index (κ2) is 4.19. The molecule has 0 amide bonds. The maximum absolute atomic E-state index is 10.5. The molecule has 0 bridgehead atoms. The molecule has 0 atom stereocenters. The minimum Gasteiger partial charge on any atom is -0.481 e. The van der Waals surface area contributed by atoms with E-state index in [9.17, 15) is 4.79 Å². The van der Waals surface area contributed by atoms with E-state index in [2.05, 4.69) is 28.1 Å². The van der Waals surface area contributed by atoms with Crippen LogP contribution in [0.25, 0.3) is 6.08 Å². The first kappa shape index (κ1) is 10.4. The van der Waals surface area contributed by atoms with Gasteiger partial charge in [-0.3, -0.25) is 4.79 Å². The molecular weight excluding hydrogens is 256 g/mol. The lowest BCUT2D eigenvalue weighted by Crippen LogP contribution is -1.95. The Kier molecular flexibility index (Phi) is 2.91. The van der Waals surface area contributed by atoms with Gasteiger partial charge in [0.05, 0.1) is 0 Å². The first-order valence-electron chi connectivity index (χ1n) is 4.85. The number of hydrogen-bond acceptors (Lipinski definition) is 1. The summed E-state index contributed by atoms with van der Waals surface area (Å²) < 4.78 is 1.11. The number of benzene rings is 1. The topological polar surface area (TPSA) is 37.3 Å². The van der Waals surface area contributed by atoms with Gasteiger partial charge in [0.15, 0.2) is 0 Å². The molecule has 0 spiro atoms. The zero-order chi connectivity index (χ0) is 10.8. The second-order valence-electron chi connectivity index (χ2n) is 3.68. The van der Waals surface area contributed by atoms with Crippen LogP contribution in [0.2, 0.25) is 0 Å². The van der Waals surface area contributed by atoms with Crippen LogP contribution in [-0.2, 0) is 11.2 Å². The van der Waals surface area contributed by atoms with Crippen LogP contribution in [0.5, 0.6) is 0 Å². The van der Waals surface area contributed by atoms with Crippen molar-refractivity contribution in [3.8, 4) is 0 Å². The Morgan fingerprint density at radius 3 is 2.93 bits per heavy atom. The van der Waals surface area contributed by atoms with Gasteiger partial charge in [0.1, 0.15) is 0 Å². The number of carboxylic acids is 1. The highest BCUT2D eigenvalue weighted by molar-refractivity contribution is 9.10. The van der Waals surface area contributed by atoms with Gasteiger partial charge in [0.25, 0.3) is 0 Å². The van der Waals surface area contributed by atoms with Crippen molar-refractivity contribution in [2.24, 2.45) is 0 Å². The van der Waals surface area contributed by atoms with E-state index in [1.165, 1.54) is 16.7 Å². The normalized spacial score (nSPS) is 13.5. The highest BCUT2D eigenvalue weighted by Crippen LogP contribution is 2.32. The van der Waals surface area contributed by atoms with E-state index in [4.69, 9.17) is 5.11 Å². The van der Waals surface area contributed by atoms with Crippen molar-refractivity contribution in [3.63, 3.8) is 0 Å². The highest BCUT2D eigenvalue weighted by Gasteiger charge is 2.15. The molecule has 15 heavy (non-hydrogen) atoms. The molecule has 1 aliphatic rings. The van der Waals surface area contributed by atoms with Crippen molar-refractivity contribution in [2.75, 3.05) is 0 Å². The van der Waals surface area contributed by atoms with E-state index in [1.54, 1.807) is 0 Å². The molecule has 78 valence electrons. The standard InChI is InChI=1S/C12H11BrO2/c13-11-3-1-2-9-6-8(7-10(9)11)4-5-12(14)15/h1-3,6H,4-5,7H2,(H,14,15). The van der Waals surface area contributed by atoms with Crippen LogP contribution >= 0.6 is 15.9 Å². The number of aliphatic carboxylic acids is 1. The van der Waals surface area contributed by atoms with Crippen molar-refractivity contribution >= 4 is 28.0 Å². The molecule has 1 aromatic rings. The van der Waals surface area contributed by atoms with Gasteiger partial charge in [0, 0.05) is 10.9 Å². The second-order valence-corrected chi connectivity index (χ2v) is 4.54. The van der Waals surface area contributed by atoms with E-state index in [1.807, 2.05) is 12.1 Å². The Bertz CT molecular complexity index is 435. The van der Waals surface area contributed by atoms with Crippen molar-refractivity contribution in [3.05, 3.63) is 39.4 Å². The van der Waals surface area contributed by atoms with E-state index >= 15 is 0 Å². The van der Waals surface area contributed by atoms with Crippen molar-refractivity contribution in [1.82, 2.24) is 0 Å². The molecule has 0 aromatic heterocycles. The third kappa shape index (κ3) is 2.29. The van der Waals surface area contributed by atoms with Crippen molar-refractivity contribution < 1.29 is 9.90 Å². The average molecular weight is 267 g/mol. The van der Waals surface area contributed by atoms with Crippen LogP contribution in [0.3, 0.4) is 0 Å². The van der Waals surface area contributed by atoms with Gasteiger partial charge in [-0.25, -0.2) is 0 Å². The first-order chi connectivity index (χ1) is 7.16. The number of halogens is 1. The number of allylic oxidation sites excluding steroid dienone is 1. The largest absolute Gasteiger partial charge is 0.481 e. The molecule has 1 aromatic carbocycles. The molecule has 0 aliphatic heterocycles. The minimum atomic E-state index is -0.731. The number of carbonyl (C=O) groups is 1. The lowest BCUT2D eigenvalue weighted by atomic mass is 10.1. The van der Waals surface area contributed by atoms with Gasteiger partial charge in [-0.2, -0.15) is 0 Å². The van der Waals surface area contributed by atoms with Crippen LogP contribution < -0.4 is 0 Å². The molecule has 1 N–H and O–H groups in total. The lowest BCUT2D eigenvalue weighted by Gasteiger charge is -2.01. The SMILES string of the molecule is O=C(O)CCC1=Cc2cccc(Br)c2C1. The molecule has 0 unspecified atom stereocenters. The Balaban J connectivity index is 2.12. The summed E-state index contributed by atoms with van der Waals surface area (Å²) in [5.74, 6) is -0.731. The zero-order valence-corrected chi connectivity index (χ0v) is 9.75. The Labute approximate surface area is 96.7 Å². The highest BCUT2D eigenvalue weighted by atomic mass is 79.9. The summed E-state index contributed by atoms with van der Waals surface area (Å²) in [5, 5.41) is 8.61. The average Bonchev–Trinajstić information content (AvgIpc) is 2.59. The lowest BCUT2D eigenvalue weighted by molar-refractivity contribution is -0.136. The monoisotopic (exact) mass is 266 g/mol. The van der Waals surface area contributed by atoms with Crippen LogP contribution in [0.1, 0.15) is 24.0 Å². The molecule has 0 fully saturated rings. The number of carboxylic acid groups (broad SMARTS) is 1. The molecule has 2 nitrogen and oxygen atoms in total. The number of fused-ring (bicyclic) bond motifs is 1. The molecule has 0 saturated heterocycles. The molecule has 0 heterocycles. The summed E-state index contributed by atoms with van der Waals surface area (Å²) in [6, 6.07) is 6.08. The fourth-order valence-corrected chi connectivity index (χ4v) is 2.34. The molecule has 3 heteroatoms. The molecule has 2 rings (SSSR count). The van der Waals surface area contributed by atoms with Gasteiger partial charge >= 0.3 is 5.97 Å². The van der Waals surface area contributed by atoms with Gasteiger partial charge < -0.3 is 5.11 Å². The summed E-state index contributed by atoms with van der Waals surface area (Å²) in [4.78, 5) is 10.5. The van der Waals surface area contributed by atoms with Gasteiger partial charge in [-0.1, -0.05) is 39.7 Å². The molecular formula is C12H11BrO2. The number of hydrogen-bond donors (Lipinski definition) is 1. The fourth-order valence-electron chi connectivity index (χ4n) is 1.82. The summed E-state index contributed by atoms with van der Waals surface area (Å²) in [7, 11) is 0. The van der Waals surface area contributed by atoms with Crippen LogP contribution in [0.4, 0.5) is 0 Å². The quantitative estimate of drug-likeness (QED) is 0.912. The Morgan fingerprint density at radius 2 is 2.27 bits per heavy atom. The smallest absolute Gasteiger partial charge is 0.303 e. The maximum atomic E-state index is 10.5. The summed E-state index contributed by atoms with van der Waals surface area (Å²) in [6.45, 7) is 0. The molecule has 1 aliphatic carbocycles. The number of rotatable bonds is 3. The minimum absolute atomic E-state index is 0.220. The van der Waals surface area contributed by atoms with E-state index in [0.29, 0.717) is 6.42 Å². The van der Waals surface area contributed by atoms with E-state index < -0.39 is 5.97 Å². The van der Waals surface area contributed by atoms with E-state index in [-0.39, 0.29) is 6.42 Å². The predicted molar refractivity (Wildman–Crippen MR) is 62.7 cm³/mol. The summed E-state index contributed by atoms with van der Waals surface area (Å²) in [5.41, 5.74) is 3.70. The van der Waals surface area contributed by atoms with Gasteiger partial charge in [0.2, 0.25) is 0 Å². The molecule has 0 radical (unpaired) electrons. The Morgan fingerprint density at radius 1 is 1.47 bits per heavy atom. The third-order valence-electron chi connectivity index (χ3n) is 2.58. The van der Waals surface area contributed by atoms with Gasteiger partial charge in [-0.05, 0) is 30.0 Å². The van der Waals surface area contributed by atoms with E-state index in [0.717, 1.165) is 10.9 Å². The maximum Gasteiger partial charge on any atom is 0.303 e. The fraction of sp³-hybridized carbons (Fsp3) is 0.250. The van der Waals surface area contributed by atoms with Crippen LogP contribution in [0.15, 0.2) is 28.2 Å². The first-order valence-corrected chi connectivity index (χ1v) is 5.65. The summed E-state index contributed by atoms with van der Waals surface area (Å²) >= 11 is 3.51. The summed E-state index contributed by atoms with van der Waals surface area (Å²) in [6.07, 6.45) is 3.85. The van der Waals surface area contributed by atoms with Crippen LogP contribution in [-0.4, -0.2) is 11.1 Å². The van der Waals surface area contributed by atoms with Crippen molar-refractivity contribution in [2.45, 2.75) is 19.3 Å². The van der Waals surface area contributed by atoms with Crippen LogP contribution in [0, 0.1) is 0 Å². The van der Waals surface area contributed by atoms with Gasteiger partial charge in [-0.15, -0.1) is 0 Å². The predicted octanol–water partition coefficient (Wildman–Crippen LogP) is 3.25. The zero-order valence-electron chi connectivity index (χ0n) is 8.16.